The Labute approximate surface area is 184 Å². The van der Waals surface area contributed by atoms with E-state index in [0.717, 1.165) is 18.3 Å². The summed E-state index contributed by atoms with van der Waals surface area (Å²) in [5, 5.41) is 2.45. The third-order valence-electron chi connectivity index (χ3n) is 4.23. The normalized spacial score (nSPS) is 11.7. The first-order chi connectivity index (χ1) is 15.4. The van der Waals surface area contributed by atoms with Gasteiger partial charge in [-0.15, -0.1) is 0 Å². The Hall–Kier alpha value is -3.60. The molecule has 0 fully saturated rings. The van der Waals surface area contributed by atoms with Gasteiger partial charge in [-0.2, -0.15) is 0 Å². The molecule has 2 heterocycles. The van der Waals surface area contributed by atoms with E-state index in [1.165, 1.54) is 12.4 Å². The molecular weight excluding hydrogens is 453 g/mol. The summed E-state index contributed by atoms with van der Waals surface area (Å²) in [7, 11) is 0. The summed E-state index contributed by atoms with van der Waals surface area (Å²) in [5.74, 6) is -2.60. The van der Waals surface area contributed by atoms with Crippen molar-refractivity contribution in [1.29, 1.82) is 0 Å². The highest BCUT2D eigenvalue weighted by molar-refractivity contribution is 6.36. The average molecular weight is 469 g/mol. The number of ether oxygens (including phenoxy) is 1. The lowest BCUT2D eigenvalue weighted by atomic mass is 10.1. The van der Waals surface area contributed by atoms with Gasteiger partial charge in [-0.3, -0.25) is 4.79 Å². The van der Waals surface area contributed by atoms with Gasteiger partial charge in [0.15, 0.2) is 17.5 Å². The summed E-state index contributed by atoms with van der Waals surface area (Å²) < 4.78 is 49.6. The lowest BCUT2D eigenvalue weighted by molar-refractivity contribution is -0.115. The van der Waals surface area contributed by atoms with Gasteiger partial charge in [0.25, 0.3) is 5.91 Å². The SMILES string of the molecule is N/C=C(/C(=O)NCc1oc2c(C(=O)OC(CF)CF)cc(F)cc2c1Cl)c1ncccn1. The highest BCUT2D eigenvalue weighted by Crippen LogP contribution is 2.34. The first-order valence-electron chi connectivity index (χ1n) is 9.10. The first kappa shape index (κ1) is 23.1. The lowest BCUT2D eigenvalue weighted by Crippen LogP contribution is -2.25. The van der Waals surface area contributed by atoms with Crippen LogP contribution in [0.3, 0.4) is 0 Å². The van der Waals surface area contributed by atoms with Crippen LogP contribution in [0.1, 0.15) is 21.9 Å². The van der Waals surface area contributed by atoms with Crippen LogP contribution in [-0.2, 0) is 16.1 Å². The van der Waals surface area contributed by atoms with Gasteiger partial charge in [-0.05, 0) is 18.2 Å². The number of carbonyl (C=O) groups excluding carboxylic acids is 2. The zero-order valence-electron chi connectivity index (χ0n) is 16.3. The van der Waals surface area contributed by atoms with Crippen LogP contribution in [0.25, 0.3) is 16.5 Å². The molecule has 0 bridgehead atoms. The van der Waals surface area contributed by atoms with Gasteiger partial charge in [0.05, 0.1) is 17.1 Å². The number of hydrogen-bond donors (Lipinski definition) is 2. The van der Waals surface area contributed by atoms with Crippen LogP contribution in [0.4, 0.5) is 13.2 Å². The smallest absolute Gasteiger partial charge is 0.342 e. The molecule has 168 valence electrons. The second-order valence-electron chi connectivity index (χ2n) is 6.34. The molecular formula is C20H16ClF3N4O4. The third-order valence-corrected chi connectivity index (χ3v) is 4.64. The topological polar surface area (TPSA) is 120 Å². The predicted octanol–water partition coefficient (Wildman–Crippen LogP) is 3.10. The molecule has 1 amide bonds. The van der Waals surface area contributed by atoms with Crippen LogP contribution in [-0.4, -0.2) is 41.3 Å². The molecule has 3 rings (SSSR count). The van der Waals surface area contributed by atoms with E-state index in [9.17, 15) is 22.8 Å². The van der Waals surface area contributed by atoms with Crippen LogP contribution in [0.5, 0.6) is 0 Å². The Morgan fingerprint density at radius 1 is 1.25 bits per heavy atom. The molecule has 3 N–H and O–H groups in total. The summed E-state index contributed by atoms with van der Waals surface area (Å²) in [6.45, 7) is -2.76. The number of carbonyl (C=O) groups is 2. The minimum Gasteiger partial charge on any atom is -0.457 e. The highest BCUT2D eigenvalue weighted by Gasteiger charge is 2.24. The van der Waals surface area contributed by atoms with Gasteiger partial charge in [-0.1, -0.05) is 11.6 Å². The van der Waals surface area contributed by atoms with Gasteiger partial charge in [0.2, 0.25) is 0 Å². The molecule has 0 aliphatic carbocycles. The van der Waals surface area contributed by atoms with E-state index in [1.54, 1.807) is 6.07 Å². The van der Waals surface area contributed by atoms with Crippen molar-refractivity contribution in [3.05, 3.63) is 64.8 Å². The quantitative estimate of drug-likeness (QED) is 0.385. The standard InChI is InChI=1S/C20H16ClF3N4O4/c21-16-12-4-10(24)5-13(20(30)31-11(6-22)7-23)17(12)32-15(16)9-28-19(29)14(8-25)18-26-2-1-3-27-18/h1-5,8,11H,6-7,9,25H2,(H,28,29)/b14-8+. The van der Waals surface area contributed by atoms with E-state index in [4.69, 9.17) is 21.8 Å². The minimum atomic E-state index is -1.63. The summed E-state index contributed by atoms with van der Waals surface area (Å²) in [6, 6.07) is 3.37. The molecule has 0 saturated heterocycles. The van der Waals surface area contributed by atoms with Crippen molar-refractivity contribution in [2.24, 2.45) is 5.73 Å². The van der Waals surface area contributed by atoms with Crippen molar-refractivity contribution in [1.82, 2.24) is 15.3 Å². The number of fused-ring (bicyclic) bond motifs is 1. The van der Waals surface area contributed by atoms with Gasteiger partial charge in [0, 0.05) is 24.0 Å². The number of rotatable bonds is 8. The molecule has 0 aliphatic rings. The van der Waals surface area contributed by atoms with Crippen LogP contribution in [0.2, 0.25) is 5.02 Å². The summed E-state index contributed by atoms with van der Waals surface area (Å²) in [6.07, 6.45) is 2.26. The number of amides is 1. The molecule has 0 radical (unpaired) electrons. The number of benzene rings is 1. The van der Waals surface area contributed by atoms with Gasteiger partial charge < -0.3 is 20.2 Å². The molecule has 0 saturated carbocycles. The van der Waals surface area contributed by atoms with Crippen LogP contribution < -0.4 is 11.1 Å². The summed E-state index contributed by atoms with van der Waals surface area (Å²) in [4.78, 5) is 32.6. The fraction of sp³-hybridized carbons (Fsp3) is 0.200. The number of esters is 1. The van der Waals surface area contributed by atoms with E-state index in [0.29, 0.717) is 0 Å². The molecule has 12 heteroatoms. The molecule has 0 unspecified atom stereocenters. The highest BCUT2D eigenvalue weighted by atomic mass is 35.5. The van der Waals surface area contributed by atoms with Crippen molar-refractivity contribution in [3.8, 4) is 0 Å². The van der Waals surface area contributed by atoms with Crippen LogP contribution >= 0.6 is 11.6 Å². The number of nitrogens with zero attached hydrogens (tertiary/aromatic N) is 2. The Bertz CT molecular complexity index is 1170. The summed E-state index contributed by atoms with van der Waals surface area (Å²) >= 11 is 6.23. The van der Waals surface area contributed by atoms with E-state index < -0.39 is 42.7 Å². The third kappa shape index (κ3) is 4.83. The maximum atomic E-state index is 14.0. The van der Waals surface area contributed by atoms with Crippen LogP contribution in [0, 0.1) is 5.82 Å². The van der Waals surface area contributed by atoms with Crippen molar-refractivity contribution in [3.63, 3.8) is 0 Å². The summed E-state index contributed by atoms with van der Waals surface area (Å²) in [5.41, 5.74) is 4.91. The maximum absolute atomic E-state index is 14.0. The number of aromatic nitrogens is 2. The molecule has 0 spiro atoms. The number of furan rings is 1. The Kier molecular flexibility index (Phi) is 7.31. The largest absolute Gasteiger partial charge is 0.457 e. The number of hydrogen-bond acceptors (Lipinski definition) is 7. The Morgan fingerprint density at radius 3 is 2.56 bits per heavy atom. The van der Waals surface area contributed by atoms with Crippen molar-refractivity contribution >= 4 is 40.0 Å². The molecule has 0 aliphatic heterocycles. The first-order valence-corrected chi connectivity index (χ1v) is 9.48. The fourth-order valence-electron chi connectivity index (χ4n) is 2.71. The number of halogens is 4. The lowest BCUT2D eigenvalue weighted by Gasteiger charge is -2.11. The fourth-order valence-corrected chi connectivity index (χ4v) is 2.96. The molecule has 0 atom stereocenters. The van der Waals surface area contributed by atoms with Gasteiger partial charge in [0.1, 0.15) is 30.5 Å². The predicted molar refractivity (Wildman–Crippen MR) is 108 cm³/mol. The maximum Gasteiger partial charge on any atom is 0.342 e. The molecule has 2 aromatic heterocycles. The number of nitrogens with two attached hydrogens (primary N) is 1. The van der Waals surface area contributed by atoms with Gasteiger partial charge in [-0.25, -0.2) is 27.9 Å². The van der Waals surface area contributed by atoms with E-state index in [-0.39, 0.29) is 39.7 Å². The molecule has 1 aromatic carbocycles. The molecule has 3 aromatic rings. The van der Waals surface area contributed by atoms with E-state index >= 15 is 0 Å². The molecule has 8 nitrogen and oxygen atoms in total. The average Bonchev–Trinajstić information content (AvgIpc) is 3.11. The van der Waals surface area contributed by atoms with E-state index in [1.807, 2.05) is 0 Å². The Balaban J connectivity index is 1.86. The van der Waals surface area contributed by atoms with Crippen molar-refractivity contribution < 1.29 is 31.9 Å². The number of nitrogens with one attached hydrogen (secondary N) is 1. The number of alkyl halides is 2. The van der Waals surface area contributed by atoms with Crippen LogP contribution in [0.15, 0.2) is 41.2 Å². The zero-order valence-corrected chi connectivity index (χ0v) is 17.0. The van der Waals surface area contributed by atoms with Crippen molar-refractivity contribution in [2.75, 3.05) is 13.3 Å². The Morgan fingerprint density at radius 2 is 1.94 bits per heavy atom. The minimum absolute atomic E-state index is 0.00690. The zero-order chi connectivity index (χ0) is 23.3. The second-order valence-corrected chi connectivity index (χ2v) is 6.72. The monoisotopic (exact) mass is 468 g/mol. The van der Waals surface area contributed by atoms with Gasteiger partial charge >= 0.3 is 5.97 Å². The van der Waals surface area contributed by atoms with E-state index in [2.05, 4.69) is 20.0 Å². The molecule has 32 heavy (non-hydrogen) atoms. The second kappa shape index (κ2) is 10.1. The van der Waals surface area contributed by atoms with Crippen molar-refractivity contribution in [2.45, 2.75) is 12.6 Å².